The van der Waals surface area contributed by atoms with Crippen LogP contribution < -0.4 is 15.9 Å². The largest absolute Gasteiger partial charge is 0.308 e. The molecule has 1 atom stereocenters. The van der Waals surface area contributed by atoms with E-state index in [0.29, 0.717) is 0 Å². The van der Waals surface area contributed by atoms with E-state index in [0.717, 1.165) is 61.6 Å². The minimum atomic E-state index is -3.33. The summed E-state index contributed by atoms with van der Waals surface area (Å²) < 4.78 is 20.7. The lowest BCUT2D eigenvalue weighted by atomic mass is 10.0. The van der Waals surface area contributed by atoms with Crippen molar-refractivity contribution < 1.29 is 4.57 Å². The van der Waals surface area contributed by atoms with E-state index in [1.807, 2.05) is 48.5 Å². The van der Waals surface area contributed by atoms with Crippen molar-refractivity contribution in [1.82, 2.24) is 14.1 Å². The van der Waals surface area contributed by atoms with Gasteiger partial charge in [-0.15, -0.1) is 0 Å². The Labute approximate surface area is 242 Å². The molecule has 0 spiro atoms. The summed E-state index contributed by atoms with van der Waals surface area (Å²) in [4.78, 5) is 5.08. The lowest BCUT2D eigenvalue weighted by Crippen LogP contribution is -2.35. The molecule has 42 heavy (non-hydrogen) atoms. The van der Waals surface area contributed by atoms with Crippen LogP contribution in [-0.4, -0.2) is 14.1 Å². The summed E-state index contributed by atoms with van der Waals surface area (Å²) in [6, 6.07) is 44.0. The zero-order chi connectivity index (χ0) is 28.0. The number of benzene rings is 6. The van der Waals surface area contributed by atoms with Gasteiger partial charge in [0.25, 0.3) is 0 Å². The van der Waals surface area contributed by atoms with Gasteiger partial charge in [-0.2, -0.15) is 0 Å². The van der Waals surface area contributed by atoms with Crippen molar-refractivity contribution in [2.45, 2.75) is 13.3 Å². The van der Waals surface area contributed by atoms with Crippen molar-refractivity contribution in [3.8, 4) is 11.4 Å². The second-order valence-electron chi connectivity index (χ2n) is 11.0. The fraction of sp³-hybridized carbons (Fsp3) is 0.0541. The average molecular weight is 560 g/mol. The highest BCUT2D eigenvalue weighted by Gasteiger charge is 2.42. The highest BCUT2D eigenvalue weighted by molar-refractivity contribution is 7.86. The second kappa shape index (κ2) is 8.55. The molecular formula is C37H26N3OP. The number of aromatic nitrogens is 3. The minimum Gasteiger partial charge on any atom is -0.308 e. The van der Waals surface area contributed by atoms with Gasteiger partial charge in [0.1, 0.15) is 5.82 Å². The summed E-state index contributed by atoms with van der Waals surface area (Å²) in [5, 5.41) is 7.37. The summed E-state index contributed by atoms with van der Waals surface area (Å²) in [6.45, 7) is 2.14. The molecular weight excluding hydrogens is 533 g/mol. The van der Waals surface area contributed by atoms with Crippen molar-refractivity contribution >= 4 is 66.7 Å². The molecule has 9 rings (SSSR count). The Balaban J connectivity index is 1.53. The van der Waals surface area contributed by atoms with Crippen LogP contribution in [0.15, 0.2) is 127 Å². The molecule has 0 aliphatic carbocycles. The van der Waals surface area contributed by atoms with Gasteiger partial charge >= 0.3 is 0 Å². The van der Waals surface area contributed by atoms with E-state index < -0.39 is 7.14 Å². The van der Waals surface area contributed by atoms with E-state index in [4.69, 9.17) is 4.98 Å². The first kappa shape index (κ1) is 23.8. The zero-order valence-corrected chi connectivity index (χ0v) is 23.9. The number of aryl methyl sites for hydroxylation is 1. The minimum absolute atomic E-state index is 0.773. The summed E-state index contributed by atoms with van der Waals surface area (Å²) in [5.74, 6) is 0.975. The lowest BCUT2D eigenvalue weighted by molar-refractivity contribution is 0.592. The number of para-hydroxylation sites is 2. The first-order chi connectivity index (χ1) is 20.7. The molecule has 0 amide bonds. The molecule has 0 saturated heterocycles. The van der Waals surface area contributed by atoms with Crippen LogP contribution in [0.2, 0.25) is 0 Å². The Morgan fingerprint density at radius 1 is 0.643 bits per heavy atom. The predicted molar refractivity (Wildman–Crippen MR) is 175 cm³/mol. The molecule has 3 heterocycles. The zero-order valence-electron chi connectivity index (χ0n) is 23.0. The fourth-order valence-corrected chi connectivity index (χ4v) is 10.3. The van der Waals surface area contributed by atoms with Crippen LogP contribution in [0.1, 0.15) is 12.7 Å². The average Bonchev–Trinajstić information content (AvgIpc) is 3.60. The third kappa shape index (κ3) is 2.92. The van der Waals surface area contributed by atoms with E-state index in [2.05, 4.69) is 94.9 Å². The van der Waals surface area contributed by atoms with Gasteiger partial charge in [0.05, 0.1) is 38.7 Å². The van der Waals surface area contributed by atoms with Crippen LogP contribution in [0.4, 0.5) is 0 Å². The molecule has 0 bridgehead atoms. The SMILES string of the molecule is CCc1nc2ccc(-n3c4ccccc4c4c5ccccc5ccc43)c3c2n1-c1ccccc1P3(=O)c1ccccc1. The summed E-state index contributed by atoms with van der Waals surface area (Å²) in [6.07, 6.45) is 0.773. The molecule has 6 aromatic carbocycles. The summed E-state index contributed by atoms with van der Waals surface area (Å²) >= 11 is 0. The number of fused-ring (bicyclic) bond motifs is 7. The van der Waals surface area contributed by atoms with Gasteiger partial charge < -0.3 is 9.13 Å². The van der Waals surface area contributed by atoms with E-state index >= 15 is 4.57 Å². The third-order valence-electron chi connectivity index (χ3n) is 8.86. The quantitative estimate of drug-likeness (QED) is 0.207. The topological polar surface area (TPSA) is 39.8 Å². The molecule has 200 valence electrons. The number of rotatable bonds is 3. The van der Waals surface area contributed by atoms with Crippen molar-refractivity contribution in [3.63, 3.8) is 0 Å². The van der Waals surface area contributed by atoms with Crippen LogP contribution in [-0.2, 0) is 11.0 Å². The third-order valence-corrected chi connectivity index (χ3v) is 12.0. The molecule has 0 N–H and O–H groups in total. The van der Waals surface area contributed by atoms with E-state index in [9.17, 15) is 0 Å². The van der Waals surface area contributed by atoms with Crippen molar-refractivity contribution in [2.75, 3.05) is 0 Å². The molecule has 2 aromatic heterocycles. The Morgan fingerprint density at radius 3 is 2.24 bits per heavy atom. The molecule has 1 aliphatic heterocycles. The van der Waals surface area contributed by atoms with Gasteiger partial charge in [-0.1, -0.05) is 97.9 Å². The Morgan fingerprint density at radius 2 is 1.38 bits per heavy atom. The molecule has 0 fully saturated rings. The molecule has 8 aromatic rings. The summed E-state index contributed by atoms with van der Waals surface area (Å²) in [7, 11) is -3.33. The number of hydrogen-bond acceptors (Lipinski definition) is 2. The number of hydrogen-bond donors (Lipinski definition) is 0. The number of nitrogens with zero attached hydrogens (tertiary/aromatic N) is 3. The lowest BCUT2D eigenvalue weighted by Gasteiger charge is -2.31. The normalized spacial score (nSPS) is 16.0. The molecule has 0 radical (unpaired) electrons. The van der Waals surface area contributed by atoms with Gasteiger partial charge in [-0.3, -0.25) is 4.57 Å². The van der Waals surface area contributed by atoms with Gasteiger partial charge in [0.15, 0.2) is 7.14 Å². The van der Waals surface area contributed by atoms with Gasteiger partial charge in [-0.05, 0) is 47.2 Å². The van der Waals surface area contributed by atoms with Crippen LogP contribution in [0.25, 0.3) is 55.0 Å². The van der Waals surface area contributed by atoms with Gasteiger partial charge in [-0.25, -0.2) is 4.98 Å². The van der Waals surface area contributed by atoms with Gasteiger partial charge in [0.2, 0.25) is 0 Å². The highest BCUT2D eigenvalue weighted by Crippen LogP contribution is 2.51. The summed E-state index contributed by atoms with van der Waals surface area (Å²) in [5.41, 5.74) is 5.92. The first-order valence-electron chi connectivity index (χ1n) is 14.4. The maximum absolute atomic E-state index is 16.1. The standard InChI is InChI=1S/C37H26N3OP/c1-2-34-38-28-21-23-32(39-29-17-9-8-16-27(29)35-26-15-7-6-12-24(26)20-22-31(35)39)37-36(28)40(34)30-18-10-11-19-33(30)42(37,41)25-13-4-3-5-14-25/h3-23H,2H2,1H3. The van der Waals surface area contributed by atoms with Crippen molar-refractivity contribution in [3.05, 3.63) is 133 Å². The van der Waals surface area contributed by atoms with E-state index in [1.54, 1.807) is 0 Å². The van der Waals surface area contributed by atoms with E-state index in [-0.39, 0.29) is 0 Å². The molecule has 5 heteroatoms. The Hall–Kier alpha value is -4.92. The fourth-order valence-electron chi connectivity index (χ4n) is 7.12. The van der Waals surface area contributed by atoms with Gasteiger partial charge in [0, 0.05) is 27.8 Å². The second-order valence-corrected chi connectivity index (χ2v) is 13.6. The van der Waals surface area contributed by atoms with Crippen LogP contribution in [0.5, 0.6) is 0 Å². The van der Waals surface area contributed by atoms with Crippen LogP contribution in [0, 0.1) is 0 Å². The van der Waals surface area contributed by atoms with Crippen molar-refractivity contribution in [1.29, 1.82) is 0 Å². The highest BCUT2D eigenvalue weighted by atomic mass is 31.2. The molecule has 0 saturated carbocycles. The number of imidazole rings is 1. The van der Waals surface area contributed by atoms with Crippen LogP contribution in [0.3, 0.4) is 0 Å². The Kier molecular flexibility index (Phi) is 4.83. The maximum Gasteiger partial charge on any atom is 0.177 e. The maximum atomic E-state index is 16.1. The van der Waals surface area contributed by atoms with E-state index in [1.165, 1.54) is 21.5 Å². The molecule has 1 aliphatic rings. The first-order valence-corrected chi connectivity index (χ1v) is 16.1. The molecule has 1 unspecified atom stereocenters. The Bertz CT molecular complexity index is 2430. The smallest absolute Gasteiger partial charge is 0.177 e. The monoisotopic (exact) mass is 559 g/mol. The van der Waals surface area contributed by atoms with Crippen LogP contribution >= 0.6 is 7.14 Å². The van der Waals surface area contributed by atoms with Crippen molar-refractivity contribution in [2.24, 2.45) is 0 Å². The predicted octanol–water partition coefficient (Wildman–Crippen LogP) is 7.79. The molecule has 4 nitrogen and oxygen atoms in total.